The van der Waals surface area contributed by atoms with Crippen LogP contribution in [0.25, 0.3) is 0 Å². The molecule has 0 bridgehead atoms. The highest BCUT2D eigenvalue weighted by Gasteiger charge is 2.31. The van der Waals surface area contributed by atoms with E-state index in [4.69, 9.17) is 0 Å². The average molecular weight is 104 g/mol. The van der Waals surface area contributed by atoms with Crippen molar-refractivity contribution >= 4 is 14.3 Å². The summed E-state index contributed by atoms with van der Waals surface area (Å²) in [5.41, 5.74) is 0. The van der Waals surface area contributed by atoms with E-state index < -0.39 is 0 Å². The van der Waals surface area contributed by atoms with Crippen LogP contribution in [0.3, 0.4) is 0 Å². The van der Waals surface area contributed by atoms with Gasteiger partial charge in [-0.05, 0) is 0 Å². The van der Waals surface area contributed by atoms with Crippen LogP contribution in [0, 0.1) is 5.92 Å². The van der Waals surface area contributed by atoms with Crippen molar-refractivity contribution in [2.45, 2.75) is 31.4 Å². The van der Waals surface area contributed by atoms with Crippen LogP contribution in [0.15, 0.2) is 0 Å². The summed E-state index contributed by atoms with van der Waals surface area (Å²) in [7, 11) is 4.77. The van der Waals surface area contributed by atoms with E-state index in [1.807, 2.05) is 0 Å². The zero-order valence-electron chi connectivity index (χ0n) is 5.14. The summed E-state index contributed by atoms with van der Waals surface area (Å²) in [5, 5.41) is 0. The Morgan fingerprint density at radius 3 is 3.12 bits per heavy atom. The first kappa shape index (κ1) is 4.96. The van der Waals surface area contributed by atoms with E-state index in [-0.39, 0.29) is 0 Å². The van der Waals surface area contributed by atoms with E-state index in [9.17, 15) is 0 Å². The van der Waals surface area contributed by atoms with Gasteiger partial charge in [-0.3, -0.25) is 0 Å². The van der Waals surface area contributed by atoms with E-state index in [0.29, 0.717) is 0 Å². The Hall–Kier alpha value is 0.130. The summed E-state index contributed by atoms with van der Waals surface area (Å²) in [6.45, 7) is 0. The van der Waals surface area contributed by atoms with Gasteiger partial charge < -0.3 is 0 Å². The SMILES string of the molecule is [B]1[B]C2CCCC2C1. The second-order valence-electron chi connectivity index (χ2n) is 3.02. The molecule has 0 aromatic rings. The van der Waals surface area contributed by atoms with Crippen molar-refractivity contribution in [2.75, 3.05) is 0 Å². The Bertz CT molecular complexity index is 72.5. The molecule has 1 saturated heterocycles. The van der Waals surface area contributed by atoms with Crippen molar-refractivity contribution in [1.82, 2.24) is 0 Å². The van der Waals surface area contributed by atoms with Gasteiger partial charge >= 0.3 is 0 Å². The molecule has 1 heterocycles. The van der Waals surface area contributed by atoms with E-state index in [2.05, 4.69) is 14.3 Å². The van der Waals surface area contributed by atoms with Crippen LogP contribution in [-0.4, -0.2) is 14.3 Å². The van der Waals surface area contributed by atoms with Crippen molar-refractivity contribution in [3.05, 3.63) is 0 Å². The minimum absolute atomic E-state index is 0.995. The van der Waals surface area contributed by atoms with Crippen molar-refractivity contribution < 1.29 is 0 Å². The molecule has 0 N–H and O–H groups in total. The molecule has 1 aliphatic heterocycles. The summed E-state index contributed by atoms with van der Waals surface area (Å²) < 4.78 is 0. The fourth-order valence-corrected chi connectivity index (χ4v) is 2.04. The highest BCUT2D eigenvalue weighted by molar-refractivity contribution is 7.02. The number of hydrogen-bond acceptors (Lipinski definition) is 0. The zero-order valence-corrected chi connectivity index (χ0v) is 5.14. The fraction of sp³-hybridized carbons (Fsp3) is 1.00. The maximum atomic E-state index is 2.41. The second-order valence-corrected chi connectivity index (χ2v) is 3.02. The number of rotatable bonds is 0. The first-order chi connectivity index (χ1) is 3.97. The minimum atomic E-state index is 0.995. The topological polar surface area (TPSA) is 0 Å². The Kier molecular flexibility index (Phi) is 1.13. The van der Waals surface area contributed by atoms with Crippen molar-refractivity contribution in [1.29, 1.82) is 0 Å². The minimum Gasteiger partial charge on any atom is -0.0863 e. The molecule has 1 saturated carbocycles. The monoisotopic (exact) mass is 104 g/mol. The lowest BCUT2D eigenvalue weighted by Crippen LogP contribution is -1.98. The Labute approximate surface area is 52.5 Å². The van der Waals surface area contributed by atoms with Crippen LogP contribution in [0.4, 0.5) is 0 Å². The predicted molar refractivity (Wildman–Crippen MR) is 37.4 cm³/mol. The third kappa shape index (κ3) is 0.620. The number of fused-ring (bicyclic) bond motifs is 1. The van der Waals surface area contributed by atoms with Crippen LogP contribution in [0.2, 0.25) is 12.1 Å². The molecule has 2 heteroatoms. The summed E-state index contributed by atoms with van der Waals surface area (Å²) in [5.74, 6) is 2.06. The zero-order chi connectivity index (χ0) is 5.40. The Balaban J connectivity index is 2.04. The van der Waals surface area contributed by atoms with Gasteiger partial charge in [0.1, 0.15) is 0 Å². The van der Waals surface area contributed by atoms with Crippen LogP contribution >= 0.6 is 0 Å². The molecule has 40 valence electrons. The van der Waals surface area contributed by atoms with Crippen LogP contribution in [-0.2, 0) is 0 Å². The molecule has 0 spiro atoms. The molecule has 1 aliphatic carbocycles. The molecule has 0 aromatic heterocycles. The lowest BCUT2D eigenvalue weighted by molar-refractivity contribution is 0.620. The quantitative estimate of drug-likeness (QED) is 0.406. The molecule has 0 nitrogen and oxygen atoms in total. The van der Waals surface area contributed by atoms with Gasteiger partial charge in [-0.2, -0.15) is 0 Å². The smallest absolute Gasteiger partial charge is 0.0699 e. The predicted octanol–water partition coefficient (Wildman–Crippen LogP) is 1.33. The summed E-state index contributed by atoms with van der Waals surface area (Å²) >= 11 is 0. The summed E-state index contributed by atoms with van der Waals surface area (Å²) in [4.78, 5) is 0. The Morgan fingerprint density at radius 2 is 2.25 bits per heavy atom. The van der Waals surface area contributed by atoms with E-state index in [0.717, 1.165) is 11.7 Å². The highest BCUT2D eigenvalue weighted by Crippen LogP contribution is 2.41. The summed E-state index contributed by atoms with van der Waals surface area (Å²) in [6.07, 6.45) is 5.84. The van der Waals surface area contributed by atoms with Gasteiger partial charge in [0.25, 0.3) is 0 Å². The van der Waals surface area contributed by atoms with Crippen LogP contribution < -0.4 is 0 Å². The van der Waals surface area contributed by atoms with Gasteiger partial charge in [0.15, 0.2) is 0 Å². The second kappa shape index (κ2) is 1.82. The first-order valence-electron chi connectivity index (χ1n) is 3.63. The molecule has 0 amide bonds. The van der Waals surface area contributed by atoms with Gasteiger partial charge in [0, 0.05) is 0 Å². The normalized spacial score (nSPS) is 43.0. The molecule has 2 unspecified atom stereocenters. The molecule has 2 fully saturated rings. The standard InChI is InChI=1S/C6H10B2/c1-2-5-4-7-8-6(5)3-1/h5-6H,1-4H2. The van der Waals surface area contributed by atoms with Crippen molar-refractivity contribution in [3.63, 3.8) is 0 Å². The average Bonchev–Trinajstić information content (AvgIpc) is 2.15. The molecular weight excluding hydrogens is 93.7 g/mol. The molecule has 2 rings (SSSR count). The summed E-state index contributed by atoms with van der Waals surface area (Å²) in [6, 6.07) is 0. The van der Waals surface area contributed by atoms with Crippen molar-refractivity contribution in [3.8, 4) is 0 Å². The fourth-order valence-electron chi connectivity index (χ4n) is 2.04. The third-order valence-electron chi connectivity index (χ3n) is 2.54. The third-order valence-corrected chi connectivity index (χ3v) is 2.54. The number of hydrogen-bond donors (Lipinski definition) is 0. The largest absolute Gasteiger partial charge is 0.0863 e. The van der Waals surface area contributed by atoms with Crippen LogP contribution in [0.5, 0.6) is 0 Å². The van der Waals surface area contributed by atoms with E-state index in [1.54, 1.807) is 0 Å². The van der Waals surface area contributed by atoms with Gasteiger partial charge in [-0.1, -0.05) is 37.3 Å². The maximum Gasteiger partial charge on any atom is 0.0699 e. The van der Waals surface area contributed by atoms with E-state index in [1.165, 1.54) is 25.6 Å². The molecule has 8 heavy (non-hydrogen) atoms. The van der Waals surface area contributed by atoms with Gasteiger partial charge in [0.2, 0.25) is 0 Å². The maximum absolute atomic E-state index is 2.41. The molecule has 2 aliphatic rings. The molecule has 2 radical (unpaired) electrons. The Morgan fingerprint density at radius 1 is 1.25 bits per heavy atom. The van der Waals surface area contributed by atoms with Crippen molar-refractivity contribution in [2.24, 2.45) is 5.92 Å². The lowest BCUT2D eigenvalue weighted by Gasteiger charge is -2.05. The van der Waals surface area contributed by atoms with Crippen LogP contribution in [0.1, 0.15) is 19.3 Å². The van der Waals surface area contributed by atoms with Gasteiger partial charge in [0.05, 0.1) is 14.3 Å². The molecule has 2 atom stereocenters. The molecule has 0 aromatic carbocycles. The highest BCUT2D eigenvalue weighted by atomic mass is 14.2. The lowest BCUT2D eigenvalue weighted by atomic mass is 9.39. The van der Waals surface area contributed by atoms with E-state index >= 15 is 0 Å². The first-order valence-corrected chi connectivity index (χ1v) is 3.63. The van der Waals surface area contributed by atoms with Gasteiger partial charge in [-0.25, -0.2) is 0 Å². The molecular formula is C6H10B2. The van der Waals surface area contributed by atoms with Gasteiger partial charge in [-0.15, -0.1) is 0 Å².